The van der Waals surface area contributed by atoms with E-state index in [1.807, 2.05) is 72.8 Å². The topological polar surface area (TPSA) is 134 Å². The van der Waals surface area contributed by atoms with E-state index >= 15 is 0 Å². The van der Waals surface area contributed by atoms with Gasteiger partial charge in [-0.05, 0) is 57.0 Å². The van der Waals surface area contributed by atoms with Crippen LogP contribution in [0.5, 0.6) is 0 Å². The number of carbonyl (C=O) groups is 4. The van der Waals surface area contributed by atoms with Gasteiger partial charge in [-0.3, -0.25) is 4.79 Å². The number of hydrogen-bond acceptors (Lipinski definition) is 11. The zero-order valence-electron chi connectivity index (χ0n) is 28.5. The first-order valence-electron chi connectivity index (χ1n) is 16.6. The van der Waals surface area contributed by atoms with Crippen molar-refractivity contribution in [2.24, 2.45) is 5.41 Å². The molecule has 1 aromatic heterocycles. The predicted octanol–water partition coefficient (Wildman–Crippen LogP) is 5.84. The molecule has 0 saturated heterocycles. The van der Waals surface area contributed by atoms with Crippen LogP contribution in [-0.2, 0) is 38.1 Å². The third kappa shape index (κ3) is 5.39. The van der Waals surface area contributed by atoms with Crippen LogP contribution in [0.1, 0.15) is 44.9 Å². The maximum Gasteiger partial charge on any atom is 0.355 e. The fourth-order valence-corrected chi connectivity index (χ4v) is 7.03. The fourth-order valence-electron chi connectivity index (χ4n) is 7.03. The van der Waals surface area contributed by atoms with Crippen molar-refractivity contribution in [2.45, 2.75) is 33.7 Å². The van der Waals surface area contributed by atoms with Gasteiger partial charge in [-0.1, -0.05) is 60.7 Å². The van der Waals surface area contributed by atoms with E-state index in [2.05, 4.69) is 10.2 Å². The molecular weight excluding hydrogens is 638 g/mol. The fraction of sp³-hybridized carbons (Fsp3) is 0.282. The van der Waals surface area contributed by atoms with Crippen molar-refractivity contribution in [1.29, 1.82) is 0 Å². The van der Waals surface area contributed by atoms with E-state index in [9.17, 15) is 19.2 Å². The first kappa shape index (κ1) is 34.0. The van der Waals surface area contributed by atoms with Crippen molar-refractivity contribution in [3.05, 3.63) is 101 Å². The molecule has 0 saturated carbocycles. The van der Waals surface area contributed by atoms with Crippen molar-refractivity contribution >= 4 is 40.7 Å². The number of fused-ring (bicyclic) bond motifs is 4. The van der Waals surface area contributed by atoms with Crippen molar-refractivity contribution in [3.63, 3.8) is 0 Å². The Kier molecular flexibility index (Phi) is 9.50. The minimum absolute atomic E-state index is 0.00742. The molecule has 2 atom stereocenters. The van der Waals surface area contributed by atoms with Crippen LogP contribution in [0.15, 0.2) is 89.6 Å². The molecule has 6 rings (SSSR count). The summed E-state index contributed by atoms with van der Waals surface area (Å²) in [6.45, 7) is 6.34. The van der Waals surface area contributed by atoms with Gasteiger partial charge in [-0.15, -0.1) is 10.2 Å². The van der Waals surface area contributed by atoms with E-state index in [1.54, 1.807) is 40.8 Å². The van der Waals surface area contributed by atoms with Gasteiger partial charge in [0.25, 0.3) is 0 Å². The number of carbonyl (C=O) groups excluding carboxylic acids is 4. The summed E-state index contributed by atoms with van der Waals surface area (Å²) in [5, 5.41) is 10.8. The summed E-state index contributed by atoms with van der Waals surface area (Å²) in [6, 6.07) is 21.8. The monoisotopic (exact) mass is 675 g/mol. The summed E-state index contributed by atoms with van der Waals surface area (Å²) >= 11 is 0. The minimum atomic E-state index is -2.17. The van der Waals surface area contributed by atoms with Crippen molar-refractivity contribution < 1.29 is 38.1 Å². The van der Waals surface area contributed by atoms with Gasteiger partial charge in [0.15, 0.2) is 5.41 Å². The van der Waals surface area contributed by atoms with Gasteiger partial charge in [0, 0.05) is 28.9 Å². The summed E-state index contributed by atoms with van der Waals surface area (Å²) in [5.41, 5.74) is 0.992. The number of benzene rings is 3. The third-order valence-electron chi connectivity index (χ3n) is 8.92. The highest BCUT2D eigenvalue weighted by atomic mass is 16.6. The molecule has 256 valence electrons. The van der Waals surface area contributed by atoms with Crippen LogP contribution >= 0.6 is 0 Å². The number of esters is 4. The highest BCUT2D eigenvalue weighted by molar-refractivity contribution is 6.16. The Hall–Kier alpha value is -5.84. The van der Waals surface area contributed by atoms with E-state index in [0.717, 1.165) is 16.5 Å². The molecule has 11 nitrogen and oxygen atoms in total. The van der Waals surface area contributed by atoms with Gasteiger partial charge in [0.2, 0.25) is 0 Å². The third-order valence-corrected chi connectivity index (χ3v) is 8.92. The predicted molar refractivity (Wildman–Crippen MR) is 185 cm³/mol. The largest absolute Gasteiger partial charge is 0.465 e. The molecule has 0 radical (unpaired) electrons. The molecule has 1 aliphatic heterocycles. The molecule has 1 aliphatic carbocycles. The minimum Gasteiger partial charge on any atom is -0.465 e. The molecule has 0 N–H and O–H groups in total. The number of nitrogens with zero attached hydrogens (tertiary/aromatic N) is 3. The lowest BCUT2D eigenvalue weighted by Crippen LogP contribution is -2.48. The summed E-state index contributed by atoms with van der Waals surface area (Å²) in [5.74, 6) is -3.58. The highest BCUT2D eigenvalue weighted by Crippen LogP contribution is 2.61. The number of ether oxygens (including phenoxy) is 4. The van der Waals surface area contributed by atoms with E-state index in [0.29, 0.717) is 27.9 Å². The zero-order chi connectivity index (χ0) is 35.6. The van der Waals surface area contributed by atoms with Gasteiger partial charge >= 0.3 is 23.9 Å². The number of rotatable bonds is 10. The molecule has 0 amide bonds. The molecule has 4 aromatic rings. The molecule has 11 heteroatoms. The Labute approximate surface area is 289 Å². The molecule has 2 aliphatic rings. The lowest BCUT2D eigenvalue weighted by atomic mass is 9.63. The van der Waals surface area contributed by atoms with Crippen LogP contribution < -0.4 is 0 Å². The van der Waals surface area contributed by atoms with E-state index in [1.165, 1.54) is 4.90 Å². The van der Waals surface area contributed by atoms with Crippen molar-refractivity contribution in [2.75, 3.05) is 33.5 Å². The quantitative estimate of drug-likeness (QED) is 0.148. The summed E-state index contributed by atoms with van der Waals surface area (Å²) in [6.07, 6.45) is 1.54. The van der Waals surface area contributed by atoms with Gasteiger partial charge in [0.05, 0.1) is 43.6 Å². The molecule has 0 fully saturated rings. The van der Waals surface area contributed by atoms with E-state index in [-0.39, 0.29) is 43.3 Å². The van der Waals surface area contributed by atoms with E-state index < -0.39 is 35.3 Å². The van der Waals surface area contributed by atoms with Crippen LogP contribution in [0.3, 0.4) is 0 Å². The Morgan fingerprint density at radius 3 is 1.72 bits per heavy atom. The van der Waals surface area contributed by atoms with E-state index in [4.69, 9.17) is 18.9 Å². The highest BCUT2D eigenvalue weighted by Gasteiger charge is 2.67. The lowest BCUT2D eigenvalue weighted by molar-refractivity contribution is -0.159. The van der Waals surface area contributed by atoms with Gasteiger partial charge in [0.1, 0.15) is 17.1 Å². The summed E-state index contributed by atoms with van der Waals surface area (Å²) in [7, 11) is 1.58. The van der Waals surface area contributed by atoms with Crippen LogP contribution in [0.4, 0.5) is 0 Å². The average Bonchev–Trinajstić information content (AvgIpc) is 3.41. The summed E-state index contributed by atoms with van der Waals surface area (Å²) < 4.78 is 22.1. The number of hydrogen-bond donors (Lipinski definition) is 0. The first-order chi connectivity index (χ1) is 24.2. The smallest absolute Gasteiger partial charge is 0.355 e. The molecule has 2 unspecified atom stereocenters. The maximum atomic E-state index is 14.6. The average molecular weight is 676 g/mol. The first-order valence-corrected chi connectivity index (χ1v) is 16.6. The zero-order valence-corrected chi connectivity index (χ0v) is 28.5. The van der Waals surface area contributed by atoms with Gasteiger partial charge < -0.3 is 23.8 Å². The SMILES string of the molecule is CCOC(=O)C1=Cc2cc3c(-c4ccccc4)nnc(-c4ccccc4)c3cc2C2N(C)C(C(=O)OCC)=C(C(=O)OCC)C12C(=O)OCC. The molecule has 0 bridgehead atoms. The number of likely N-dealkylation sites (N-methyl/N-ethyl adjacent to an activating group) is 1. The standard InChI is InChI=1S/C39H37N3O8/c1-6-47-35(43)29-21-25-20-27-28(32(24-18-14-11-15-19-24)41-40-31(27)23-16-12-10-13-17-23)22-26(25)34-39(29,38(46)50-9-4)30(36(44)48-7-2)33(42(34)5)37(45)49-8-3/h10-22,34H,6-9H2,1-5H3. The second-order valence-corrected chi connectivity index (χ2v) is 11.6. The number of aromatic nitrogens is 2. The van der Waals surface area contributed by atoms with Crippen LogP contribution in [0.2, 0.25) is 0 Å². The lowest BCUT2D eigenvalue weighted by Gasteiger charge is -2.41. The Bertz CT molecular complexity index is 2060. The van der Waals surface area contributed by atoms with Gasteiger partial charge in [-0.25, -0.2) is 14.4 Å². The van der Waals surface area contributed by atoms with Crippen LogP contribution in [0, 0.1) is 5.41 Å². The van der Waals surface area contributed by atoms with Crippen LogP contribution in [0.25, 0.3) is 39.4 Å². The molecule has 0 spiro atoms. The Morgan fingerprint density at radius 1 is 0.680 bits per heavy atom. The van der Waals surface area contributed by atoms with Crippen molar-refractivity contribution in [3.8, 4) is 22.5 Å². The van der Waals surface area contributed by atoms with Gasteiger partial charge in [-0.2, -0.15) is 0 Å². The van der Waals surface area contributed by atoms with Crippen molar-refractivity contribution in [1.82, 2.24) is 15.1 Å². The second kappa shape index (κ2) is 13.9. The Balaban J connectivity index is 1.77. The molecule has 3 aromatic carbocycles. The molecule has 2 heterocycles. The van der Waals surface area contributed by atoms with Crippen LogP contribution in [-0.4, -0.2) is 72.4 Å². The maximum absolute atomic E-state index is 14.6. The Morgan fingerprint density at radius 2 is 1.18 bits per heavy atom. The second-order valence-electron chi connectivity index (χ2n) is 11.6. The molecular formula is C39H37N3O8. The molecule has 50 heavy (non-hydrogen) atoms. The summed E-state index contributed by atoms with van der Waals surface area (Å²) in [4.78, 5) is 58.0. The normalized spacial score (nSPS) is 17.8.